The lowest BCUT2D eigenvalue weighted by atomic mass is 9.62. The fourth-order valence-corrected chi connectivity index (χ4v) is 4.91. The summed E-state index contributed by atoms with van der Waals surface area (Å²) in [6.07, 6.45) is 2.44. The zero-order valence-electron chi connectivity index (χ0n) is 19.9. The Kier molecular flexibility index (Phi) is 6.27. The number of esters is 2. The van der Waals surface area contributed by atoms with Gasteiger partial charge < -0.3 is 23.7 Å². The van der Waals surface area contributed by atoms with E-state index < -0.39 is 52.5 Å². The summed E-state index contributed by atoms with van der Waals surface area (Å²) in [7, 11) is 0. The van der Waals surface area contributed by atoms with Crippen molar-refractivity contribution in [2.45, 2.75) is 57.8 Å². The molecule has 0 aromatic carbocycles. The molecule has 0 saturated heterocycles. The molecule has 0 spiro atoms. The second-order valence-electron chi connectivity index (χ2n) is 9.49. The lowest BCUT2D eigenvalue weighted by Gasteiger charge is -2.52. The van der Waals surface area contributed by atoms with Gasteiger partial charge in [0.15, 0.2) is 11.4 Å². The number of pyridine rings is 1. The van der Waals surface area contributed by atoms with Crippen LogP contribution in [-0.4, -0.2) is 51.7 Å². The second-order valence-corrected chi connectivity index (χ2v) is 9.49. The van der Waals surface area contributed by atoms with E-state index >= 15 is 0 Å². The van der Waals surface area contributed by atoms with Crippen LogP contribution in [0.1, 0.15) is 50.9 Å². The highest BCUT2D eigenvalue weighted by Crippen LogP contribution is 2.49. The number of aliphatic hydroxyl groups is 1. The number of aromatic nitrogens is 1. The fourth-order valence-electron chi connectivity index (χ4n) is 4.91. The van der Waals surface area contributed by atoms with E-state index in [1.165, 1.54) is 33.0 Å². The molecule has 4 rings (SSSR count). The van der Waals surface area contributed by atoms with Gasteiger partial charge in [0.25, 0.3) is 0 Å². The number of Topliss-reactive ketones (excluding diaryl/α,β-unsaturated/α-hetero) is 1. The summed E-state index contributed by atoms with van der Waals surface area (Å²) in [5.74, 6) is -2.97. The Morgan fingerprint density at radius 3 is 2.63 bits per heavy atom. The van der Waals surface area contributed by atoms with Crippen molar-refractivity contribution in [1.29, 1.82) is 0 Å². The maximum absolute atomic E-state index is 13.6. The molecule has 1 aliphatic heterocycles. The van der Waals surface area contributed by atoms with Crippen molar-refractivity contribution in [2.24, 2.45) is 11.8 Å². The van der Waals surface area contributed by atoms with Crippen molar-refractivity contribution in [3.8, 4) is 17.1 Å². The van der Waals surface area contributed by atoms with Crippen molar-refractivity contribution >= 4 is 17.7 Å². The lowest BCUT2D eigenvalue weighted by Crippen LogP contribution is -2.63. The number of carbonyl (C=O) groups is 3. The molecule has 0 unspecified atom stereocenters. The third kappa shape index (κ3) is 4.58. The van der Waals surface area contributed by atoms with Gasteiger partial charge in [-0.2, -0.15) is 0 Å². The molecule has 1 aliphatic carbocycles. The van der Waals surface area contributed by atoms with Crippen LogP contribution in [-0.2, 0) is 19.1 Å². The number of hydrogen-bond donors (Lipinski definition) is 1. The van der Waals surface area contributed by atoms with E-state index in [-0.39, 0.29) is 36.5 Å². The molecule has 1 N–H and O–H groups in total. The van der Waals surface area contributed by atoms with Crippen LogP contribution in [0.25, 0.3) is 11.3 Å². The predicted octanol–water partition coefficient (Wildman–Crippen LogP) is 2.31. The molecule has 2 aromatic heterocycles. The Morgan fingerprint density at radius 2 is 2.00 bits per heavy atom. The third-order valence-corrected chi connectivity index (χ3v) is 6.86. The van der Waals surface area contributed by atoms with Crippen LogP contribution in [0.5, 0.6) is 5.75 Å². The van der Waals surface area contributed by atoms with Crippen molar-refractivity contribution in [2.75, 3.05) is 6.61 Å². The summed E-state index contributed by atoms with van der Waals surface area (Å²) < 4.78 is 22.3. The van der Waals surface area contributed by atoms with E-state index in [4.69, 9.17) is 18.6 Å². The smallest absolute Gasteiger partial charge is 0.351 e. The van der Waals surface area contributed by atoms with E-state index in [1.807, 2.05) is 0 Å². The predicted molar refractivity (Wildman–Crippen MR) is 121 cm³/mol. The number of ketones is 1. The van der Waals surface area contributed by atoms with Gasteiger partial charge in [0.1, 0.15) is 29.8 Å². The van der Waals surface area contributed by atoms with Crippen LogP contribution in [0.2, 0.25) is 0 Å². The lowest BCUT2D eigenvalue weighted by molar-refractivity contribution is -0.186. The molecular weight excluding hydrogens is 458 g/mol. The summed E-state index contributed by atoms with van der Waals surface area (Å²) >= 11 is 0. The van der Waals surface area contributed by atoms with Crippen LogP contribution >= 0.6 is 0 Å². The summed E-state index contributed by atoms with van der Waals surface area (Å²) in [6, 6.07) is 4.84. The Hall–Kier alpha value is -3.53. The minimum Gasteiger partial charge on any atom is -0.482 e. The van der Waals surface area contributed by atoms with Crippen molar-refractivity contribution in [3.05, 3.63) is 46.6 Å². The Bertz CT molecular complexity index is 1220. The summed E-state index contributed by atoms with van der Waals surface area (Å²) in [4.78, 5) is 53.8. The maximum Gasteiger partial charge on any atom is 0.351 e. The topological polar surface area (TPSA) is 142 Å². The monoisotopic (exact) mass is 485 g/mol. The highest BCUT2D eigenvalue weighted by molar-refractivity contribution is 6.02. The number of fused-ring (bicyclic) bond motifs is 2. The average molecular weight is 485 g/mol. The average Bonchev–Trinajstić information content (AvgIpc) is 2.78. The van der Waals surface area contributed by atoms with Gasteiger partial charge in [0, 0.05) is 37.9 Å². The molecule has 1 saturated carbocycles. The van der Waals surface area contributed by atoms with Crippen LogP contribution in [0.3, 0.4) is 0 Å². The molecule has 5 atom stereocenters. The Balaban J connectivity index is 1.76. The van der Waals surface area contributed by atoms with Gasteiger partial charge >= 0.3 is 17.6 Å². The van der Waals surface area contributed by atoms with Crippen LogP contribution in [0.15, 0.2) is 39.8 Å². The van der Waals surface area contributed by atoms with Crippen LogP contribution in [0.4, 0.5) is 0 Å². The summed E-state index contributed by atoms with van der Waals surface area (Å²) in [6.45, 7) is 5.31. The third-order valence-electron chi connectivity index (χ3n) is 6.86. The summed E-state index contributed by atoms with van der Waals surface area (Å²) in [5, 5.41) is 11.1. The molecule has 10 nitrogen and oxygen atoms in total. The minimum atomic E-state index is -1.51. The second kappa shape index (κ2) is 8.92. The van der Waals surface area contributed by atoms with Gasteiger partial charge in [-0.1, -0.05) is 0 Å². The Labute approximate surface area is 201 Å². The van der Waals surface area contributed by atoms with Crippen molar-refractivity contribution in [1.82, 2.24) is 4.98 Å². The molecule has 2 aliphatic rings. The first-order valence-electron chi connectivity index (χ1n) is 11.3. The van der Waals surface area contributed by atoms with Gasteiger partial charge in [-0.25, -0.2) is 4.79 Å². The maximum atomic E-state index is 13.6. The first-order chi connectivity index (χ1) is 16.4. The molecule has 0 radical (unpaired) electrons. The molecule has 10 heteroatoms. The number of ether oxygens (including phenoxy) is 3. The van der Waals surface area contributed by atoms with E-state index in [0.717, 1.165) is 0 Å². The largest absolute Gasteiger partial charge is 0.482 e. The quantitative estimate of drug-likeness (QED) is 0.627. The van der Waals surface area contributed by atoms with Crippen LogP contribution < -0.4 is 10.4 Å². The highest BCUT2D eigenvalue weighted by Gasteiger charge is 2.59. The van der Waals surface area contributed by atoms with E-state index in [0.29, 0.717) is 5.56 Å². The molecule has 0 amide bonds. The molecule has 3 heterocycles. The standard InChI is InChI=1S/C25H27NO9/c1-13(27)32-12-24(3,31)16-8-17-22(29)21-19(35-25(17,4)20(9-16)33-14(2)28)10-18(34-23(21)30)15-6-5-7-26-11-15/h5-7,10-11,16-17,20,31H,8-9,12H2,1-4H3/t16-,17+,20-,24+,25-/m1/s1. The highest BCUT2D eigenvalue weighted by atomic mass is 16.6. The fraction of sp³-hybridized carbons (Fsp3) is 0.480. The summed E-state index contributed by atoms with van der Waals surface area (Å²) in [5.41, 5.74) is -3.38. The van der Waals surface area contributed by atoms with E-state index in [2.05, 4.69) is 4.98 Å². The van der Waals surface area contributed by atoms with Gasteiger partial charge in [0.2, 0.25) is 0 Å². The number of carbonyl (C=O) groups excluding carboxylic acids is 3. The molecule has 0 bridgehead atoms. The van der Waals surface area contributed by atoms with Gasteiger partial charge in [0.05, 0.1) is 11.5 Å². The molecular formula is C25H27NO9. The first-order valence-corrected chi connectivity index (χ1v) is 11.3. The van der Waals surface area contributed by atoms with Crippen molar-refractivity contribution in [3.63, 3.8) is 0 Å². The SMILES string of the molecule is CC(=O)OC[C@](C)(O)[C@H]1C[C@@H](OC(C)=O)[C@]2(C)Oc3cc(-c4cccnc4)oc(=O)c3C(=O)[C@@H]2C1. The van der Waals surface area contributed by atoms with Gasteiger partial charge in [-0.3, -0.25) is 19.4 Å². The molecule has 35 heavy (non-hydrogen) atoms. The number of hydrogen-bond acceptors (Lipinski definition) is 10. The molecule has 2 aromatic rings. The minimum absolute atomic E-state index is 0.0335. The van der Waals surface area contributed by atoms with E-state index in [9.17, 15) is 24.3 Å². The molecule has 1 fully saturated rings. The van der Waals surface area contributed by atoms with Crippen LogP contribution in [0, 0.1) is 11.8 Å². The van der Waals surface area contributed by atoms with Crippen molar-refractivity contribution < 1.29 is 38.1 Å². The first kappa shape index (κ1) is 24.6. The normalized spacial score (nSPS) is 27.0. The number of rotatable bonds is 5. The number of nitrogens with zero attached hydrogens (tertiary/aromatic N) is 1. The van der Waals surface area contributed by atoms with E-state index in [1.54, 1.807) is 25.3 Å². The van der Waals surface area contributed by atoms with Gasteiger partial charge in [-0.15, -0.1) is 0 Å². The molecule has 186 valence electrons. The zero-order chi connectivity index (χ0) is 25.5. The van der Waals surface area contributed by atoms with Gasteiger partial charge in [-0.05, 0) is 44.7 Å². The zero-order valence-corrected chi connectivity index (χ0v) is 19.9. The Morgan fingerprint density at radius 1 is 1.26 bits per heavy atom.